The van der Waals surface area contributed by atoms with E-state index in [0.717, 1.165) is 18.7 Å². The van der Waals surface area contributed by atoms with Crippen LogP contribution in [0.25, 0.3) is 0 Å². The van der Waals surface area contributed by atoms with Gasteiger partial charge in [-0.25, -0.2) is 8.42 Å². The summed E-state index contributed by atoms with van der Waals surface area (Å²) in [4.78, 5) is 17.2. The zero-order chi connectivity index (χ0) is 23.9. The third-order valence-corrected chi connectivity index (χ3v) is 9.63. The van der Waals surface area contributed by atoms with Gasteiger partial charge < -0.3 is 19.3 Å². The third-order valence-electron chi connectivity index (χ3n) is 7.03. The molecule has 0 saturated carbocycles. The number of anilines is 1. The minimum absolute atomic E-state index is 0.241. The number of rotatable bonds is 10. The first-order chi connectivity index (χ1) is 15.9. The minimum Gasteiger partial charge on any atom is -0.468 e. The monoisotopic (exact) mass is 481 g/mol. The summed E-state index contributed by atoms with van der Waals surface area (Å²) in [6, 6.07) is 8.58. The van der Waals surface area contributed by atoms with Gasteiger partial charge in [0.15, 0.2) is 4.75 Å². The number of piperazine rings is 1. The van der Waals surface area contributed by atoms with Crippen LogP contribution in [0.4, 0.5) is 5.69 Å². The third kappa shape index (κ3) is 5.70. The summed E-state index contributed by atoms with van der Waals surface area (Å²) in [6.07, 6.45) is 3.93. The van der Waals surface area contributed by atoms with Gasteiger partial charge in [-0.3, -0.25) is 4.79 Å². The van der Waals surface area contributed by atoms with E-state index < -0.39 is 20.7 Å². The Bertz CT molecular complexity index is 859. The van der Waals surface area contributed by atoms with Gasteiger partial charge in [-0.15, -0.1) is 0 Å². The number of benzene rings is 1. The summed E-state index contributed by atoms with van der Waals surface area (Å²) in [5, 5.41) is 0. The molecule has 0 radical (unpaired) electrons. The number of esters is 1. The second-order valence-corrected chi connectivity index (χ2v) is 11.2. The lowest BCUT2D eigenvalue weighted by Gasteiger charge is -2.43. The van der Waals surface area contributed by atoms with Crippen molar-refractivity contribution in [2.45, 2.75) is 43.8 Å². The van der Waals surface area contributed by atoms with Crippen molar-refractivity contribution in [1.82, 2.24) is 9.21 Å². The van der Waals surface area contributed by atoms with Crippen molar-refractivity contribution < 1.29 is 22.7 Å². The number of methoxy groups -OCH3 is 2. The van der Waals surface area contributed by atoms with E-state index in [1.54, 1.807) is 7.11 Å². The zero-order valence-corrected chi connectivity index (χ0v) is 21.1. The molecule has 186 valence electrons. The molecule has 33 heavy (non-hydrogen) atoms. The fourth-order valence-corrected chi connectivity index (χ4v) is 6.93. The van der Waals surface area contributed by atoms with Crippen molar-refractivity contribution in [2.24, 2.45) is 0 Å². The van der Waals surface area contributed by atoms with Crippen molar-refractivity contribution in [3.05, 3.63) is 29.8 Å². The smallest absolute Gasteiger partial charge is 0.328 e. The lowest BCUT2D eigenvalue weighted by atomic mass is 9.96. The highest BCUT2D eigenvalue weighted by molar-refractivity contribution is 7.91. The second kappa shape index (κ2) is 11.6. The quantitative estimate of drug-likeness (QED) is 0.474. The molecular weight excluding hydrogens is 442 g/mol. The summed E-state index contributed by atoms with van der Waals surface area (Å²) in [5.41, 5.74) is 2.44. The number of nitrogens with zero attached hydrogens (tertiary/aromatic N) is 3. The topological polar surface area (TPSA) is 79.4 Å². The molecule has 0 N–H and O–H groups in total. The van der Waals surface area contributed by atoms with Crippen molar-refractivity contribution in [3.63, 3.8) is 0 Å². The van der Waals surface area contributed by atoms with Crippen molar-refractivity contribution in [3.8, 4) is 0 Å². The molecule has 2 fully saturated rings. The van der Waals surface area contributed by atoms with Gasteiger partial charge in [0.05, 0.1) is 13.7 Å². The van der Waals surface area contributed by atoms with Crippen molar-refractivity contribution in [1.29, 1.82) is 0 Å². The first-order valence-electron chi connectivity index (χ1n) is 12.0. The Hall–Kier alpha value is -1.68. The van der Waals surface area contributed by atoms with Crippen LogP contribution in [0.15, 0.2) is 24.3 Å². The highest BCUT2D eigenvalue weighted by Crippen LogP contribution is 2.35. The van der Waals surface area contributed by atoms with Crippen molar-refractivity contribution >= 4 is 21.7 Å². The van der Waals surface area contributed by atoms with E-state index in [4.69, 9.17) is 9.47 Å². The molecule has 3 rings (SSSR count). The van der Waals surface area contributed by atoms with Crippen LogP contribution in [0, 0.1) is 0 Å². The molecule has 0 spiro atoms. The molecular formula is C24H39N3O5S. The predicted octanol–water partition coefficient (Wildman–Crippen LogP) is 2.14. The molecule has 0 atom stereocenters. The van der Waals surface area contributed by atoms with Gasteiger partial charge in [0.2, 0.25) is 10.0 Å². The SMILES string of the molecule is CCCCc1ccc(N2CCN(S(=O)(=O)C3(C(=O)OC)CCN(CCOC)CC3)CC2)cc1. The number of hydrogen-bond acceptors (Lipinski definition) is 7. The van der Waals surface area contributed by atoms with Gasteiger partial charge in [0, 0.05) is 58.6 Å². The van der Waals surface area contributed by atoms with E-state index in [1.807, 2.05) is 0 Å². The van der Waals surface area contributed by atoms with E-state index in [2.05, 4.69) is 41.0 Å². The van der Waals surface area contributed by atoms with Crippen LogP contribution in [-0.4, -0.2) is 95.0 Å². The normalized spacial score (nSPS) is 20.0. The van der Waals surface area contributed by atoms with Crippen LogP contribution in [-0.2, 0) is 30.7 Å². The lowest BCUT2D eigenvalue weighted by molar-refractivity contribution is -0.145. The summed E-state index contributed by atoms with van der Waals surface area (Å²) >= 11 is 0. The molecule has 8 nitrogen and oxygen atoms in total. The molecule has 0 unspecified atom stereocenters. The maximum Gasteiger partial charge on any atom is 0.328 e. The zero-order valence-electron chi connectivity index (χ0n) is 20.3. The molecule has 0 aliphatic carbocycles. The van der Waals surface area contributed by atoms with E-state index in [1.165, 1.54) is 29.8 Å². The number of sulfonamides is 1. The molecule has 1 aromatic rings. The molecule has 0 bridgehead atoms. The van der Waals surface area contributed by atoms with Crippen LogP contribution in [0.5, 0.6) is 0 Å². The Balaban J connectivity index is 1.66. The molecule has 2 aliphatic heterocycles. The molecule has 0 aromatic heterocycles. The largest absolute Gasteiger partial charge is 0.468 e. The highest BCUT2D eigenvalue weighted by Gasteiger charge is 2.55. The van der Waals surface area contributed by atoms with E-state index >= 15 is 0 Å². The molecule has 2 heterocycles. The average molecular weight is 482 g/mol. The fraction of sp³-hybridized carbons (Fsp3) is 0.708. The average Bonchev–Trinajstić information content (AvgIpc) is 2.86. The minimum atomic E-state index is -3.85. The van der Waals surface area contributed by atoms with Crippen molar-refractivity contribution in [2.75, 3.05) is 71.5 Å². The molecule has 2 aliphatic rings. The maximum absolute atomic E-state index is 13.7. The first kappa shape index (κ1) is 25.9. The second-order valence-electron chi connectivity index (χ2n) is 8.98. The summed E-state index contributed by atoms with van der Waals surface area (Å²) in [7, 11) is -0.927. The predicted molar refractivity (Wildman–Crippen MR) is 130 cm³/mol. The van der Waals surface area contributed by atoms with E-state index in [0.29, 0.717) is 45.9 Å². The Labute approximate surface area is 198 Å². The van der Waals surface area contributed by atoms with Gasteiger partial charge in [0.25, 0.3) is 0 Å². The van der Waals surface area contributed by atoms with Crippen LogP contribution < -0.4 is 4.90 Å². The Morgan fingerprint density at radius 1 is 1.00 bits per heavy atom. The first-order valence-corrected chi connectivity index (χ1v) is 13.4. The standard InChI is InChI=1S/C24H39N3O5S/c1-4-5-6-21-7-9-22(10-8-21)26-15-17-27(18-16-26)33(29,30)24(23(28)32-3)11-13-25(14-12-24)19-20-31-2/h7-10H,4-6,11-20H2,1-3H3. The number of carbonyl (C=O) groups excluding carboxylic acids is 1. The number of ether oxygens (including phenoxy) is 2. The van der Waals surface area contributed by atoms with Gasteiger partial charge in [-0.05, 0) is 43.4 Å². The fourth-order valence-electron chi connectivity index (χ4n) is 4.80. The summed E-state index contributed by atoms with van der Waals surface area (Å²) in [6.45, 7) is 6.50. The van der Waals surface area contributed by atoms with Gasteiger partial charge >= 0.3 is 5.97 Å². The van der Waals surface area contributed by atoms with E-state index in [-0.39, 0.29) is 12.8 Å². The number of aryl methyl sites for hydroxylation is 1. The highest BCUT2D eigenvalue weighted by atomic mass is 32.2. The summed E-state index contributed by atoms with van der Waals surface area (Å²) in [5.74, 6) is -0.640. The Morgan fingerprint density at radius 2 is 1.64 bits per heavy atom. The number of unbranched alkanes of at least 4 members (excludes halogenated alkanes) is 1. The number of piperidine rings is 1. The summed E-state index contributed by atoms with van der Waals surface area (Å²) < 4.78 is 37.6. The van der Waals surface area contributed by atoms with Gasteiger partial charge in [0.1, 0.15) is 0 Å². The molecule has 0 amide bonds. The van der Waals surface area contributed by atoms with E-state index in [9.17, 15) is 13.2 Å². The number of hydrogen-bond donors (Lipinski definition) is 0. The lowest BCUT2D eigenvalue weighted by Crippen LogP contribution is -2.62. The molecule has 9 heteroatoms. The van der Waals surface area contributed by atoms with Crippen LogP contribution in [0.1, 0.15) is 38.2 Å². The van der Waals surface area contributed by atoms with Crippen LogP contribution in [0.3, 0.4) is 0 Å². The Morgan fingerprint density at radius 3 is 2.18 bits per heavy atom. The maximum atomic E-state index is 13.7. The number of carbonyl (C=O) groups is 1. The van der Waals surface area contributed by atoms with Gasteiger partial charge in [-0.2, -0.15) is 4.31 Å². The van der Waals surface area contributed by atoms with Gasteiger partial charge in [-0.1, -0.05) is 25.5 Å². The number of likely N-dealkylation sites (tertiary alicyclic amines) is 1. The molecule has 1 aromatic carbocycles. The van der Waals surface area contributed by atoms with Crippen LogP contribution in [0.2, 0.25) is 0 Å². The molecule has 2 saturated heterocycles. The van der Waals surface area contributed by atoms with Crippen LogP contribution >= 0.6 is 0 Å². The Kier molecular flexibility index (Phi) is 9.15.